The minimum Gasteiger partial charge on any atom is -0.292 e. The molecule has 0 radical (unpaired) electrons. The van der Waals surface area contributed by atoms with Gasteiger partial charge in [0.2, 0.25) is 0 Å². The molecule has 1 aromatic rings. The van der Waals surface area contributed by atoms with Gasteiger partial charge in [-0.2, -0.15) is 0 Å². The lowest BCUT2D eigenvalue weighted by Gasteiger charge is -2.02. The molecule has 1 heterocycles. The van der Waals surface area contributed by atoms with E-state index in [1.165, 1.54) is 0 Å². The molecule has 0 fully saturated rings. The van der Waals surface area contributed by atoms with Crippen molar-refractivity contribution in [2.75, 3.05) is 0 Å². The van der Waals surface area contributed by atoms with Gasteiger partial charge in [-0.15, -0.1) is 0 Å². The first-order valence-corrected chi connectivity index (χ1v) is 4.42. The summed E-state index contributed by atoms with van der Waals surface area (Å²) in [7, 11) is 0. The maximum atomic E-state index is 11.5. The van der Waals surface area contributed by atoms with E-state index in [1.54, 1.807) is 19.2 Å². The van der Waals surface area contributed by atoms with Crippen molar-refractivity contribution in [2.24, 2.45) is 5.92 Å². The monoisotopic (exact) mass is 178 g/mol. The van der Waals surface area contributed by atoms with Crippen LogP contribution in [-0.4, -0.2) is 15.8 Å². The van der Waals surface area contributed by atoms with Crippen molar-refractivity contribution >= 4 is 5.78 Å². The zero-order valence-electron chi connectivity index (χ0n) is 8.24. The summed E-state index contributed by atoms with van der Waals surface area (Å²) in [5, 5.41) is 0. The van der Waals surface area contributed by atoms with Gasteiger partial charge in [0, 0.05) is 12.6 Å². The average molecular weight is 178 g/mol. The molecule has 0 saturated carbocycles. The summed E-state index contributed by atoms with van der Waals surface area (Å²) < 4.78 is 0. The topological polar surface area (TPSA) is 42.9 Å². The third-order valence-corrected chi connectivity index (χ3v) is 1.66. The minimum atomic E-state index is 0.0977. The third kappa shape index (κ3) is 2.93. The Kier molecular flexibility index (Phi) is 3.12. The zero-order chi connectivity index (χ0) is 9.84. The van der Waals surface area contributed by atoms with Crippen LogP contribution in [0, 0.1) is 12.8 Å². The lowest BCUT2D eigenvalue weighted by atomic mass is 10.1. The largest absolute Gasteiger partial charge is 0.292 e. The van der Waals surface area contributed by atoms with E-state index in [4.69, 9.17) is 0 Å². The fourth-order valence-electron chi connectivity index (χ4n) is 1.09. The van der Waals surface area contributed by atoms with E-state index < -0.39 is 0 Å². The minimum absolute atomic E-state index is 0.0977. The van der Waals surface area contributed by atoms with E-state index >= 15 is 0 Å². The van der Waals surface area contributed by atoms with Crippen LogP contribution in [0.4, 0.5) is 0 Å². The third-order valence-electron chi connectivity index (χ3n) is 1.66. The second kappa shape index (κ2) is 4.12. The smallest absolute Gasteiger partial charge is 0.181 e. The predicted octanol–water partition coefficient (Wildman–Crippen LogP) is 2.01. The Hall–Kier alpha value is -1.25. The standard InChI is InChI=1S/C10H14N2O/c1-7(2)6-10(13)9-4-5-11-8(3)12-9/h4-5,7H,6H2,1-3H3. The summed E-state index contributed by atoms with van der Waals surface area (Å²) in [6, 6.07) is 1.66. The highest BCUT2D eigenvalue weighted by Crippen LogP contribution is 2.06. The highest BCUT2D eigenvalue weighted by molar-refractivity contribution is 5.94. The van der Waals surface area contributed by atoms with Crippen molar-refractivity contribution in [2.45, 2.75) is 27.2 Å². The summed E-state index contributed by atoms with van der Waals surface area (Å²) >= 11 is 0. The molecule has 0 amide bonds. The van der Waals surface area contributed by atoms with Gasteiger partial charge < -0.3 is 0 Å². The Labute approximate surface area is 78.2 Å². The SMILES string of the molecule is Cc1nccc(C(=O)CC(C)C)n1. The van der Waals surface area contributed by atoms with E-state index in [0.29, 0.717) is 23.9 Å². The molecule has 0 saturated heterocycles. The van der Waals surface area contributed by atoms with Crippen LogP contribution in [0.2, 0.25) is 0 Å². The van der Waals surface area contributed by atoms with Gasteiger partial charge in [-0.3, -0.25) is 4.79 Å². The van der Waals surface area contributed by atoms with Gasteiger partial charge in [-0.1, -0.05) is 13.8 Å². The molecule has 0 aliphatic heterocycles. The highest BCUT2D eigenvalue weighted by Gasteiger charge is 2.09. The first-order valence-electron chi connectivity index (χ1n) is 4.42. The normalized spacial score (nSPS) is 10.5. The van der Waals surface area contributed by atoms with E-state index in [9.17, 15) is 4.79 Å². The molecule has 3 heteroatoms. The van der Waals surface area contributed by atoms with Gasteiger partial charge in [0.05, 0.1) is 0 Å². The lowest BCUT2D eigenvalue weighted by Crippen LogP contribution is -2.07. The molecule has 13 heavy (non-hydrogen) atoms. The fourth-order valence-corrected chi connectivity index (χ4v) is 1.09. The van der Waals surface area contributed by atoms with E-state index in [0.717, 1.165) is 0 Å². The van der Waals surface area contributed by atoms with Crippen LogP contribution in [0.15, 0.2) is 12.3 Å². The molecular formula is C10H14N2O. The molecule has 70 valence electrons. The van der Waals surface area contributed by atoms with Crippen LogP contribution in [0.5, 0.6) is 0 Å². The molecule has 3 nitrogen and oxygen atoms in total. The van der Waals surface area contributed by atoms with Crippen LogP contribution in [0.25, 0.3) is 0 Å². The lowest BCUT2D eigenvalue weighted by molar-refractivity contribution is 0.0962. The molecule has 0 aliphatic carbocycles. The van der Waals surface area contributed by atoms with Crippen molar-refractivity contribution in [1.29, 1.82) is 0 Å². The maximum absolute atomic E-state index is 11.5. The molecule has 1 aromatic heterocycles. The van der Waals surface area contributed by atoms with Crippen molar-refractivity contribution < 1.29 is 4.79 Å². The predicted molar refractivity (Wildman–Crippen MR) is 50.6 cm³/mol. The second-order valence-electron chi connectivity index (χ2n) is 3.51. The molecule has 0 bridgehead atoms. The summed E-state index contributed by atoms with van der Waals surface area (Å²) in [6.45, 7) is 5.82. The number of ketones is 1. The van der Waals surface area contributed by atoms with Gasteiger partial charge in [0.25, 0.3) is 0 Å². The van der Waals surface area contributed by atoms with Gasteiger partial charge in [-0.25, -0.2) is 9.97 Å². The number of rotatable bonds is 3. The summed E-state index contributed by atoms with van der Waals surface area (Å²) in [6.07, 6.45) is 2.17. The van der Waals surface area contributed by atoms with Gasteiger partial charge in [0.1, 0.15) is 11.5 Å². The van der Waals surface area contributed by atoms with Gasteiger partial charge in [0.15, 0.2) is 5.78 Å². The molecule has 0 spiro atoms. The van der Waals surface area contributed by atoms with Crippen LogP contribution >= 0.6 is 0 Å². The van der Waals surface area contributed by atoms with Crippen molar-refractivity contribution in [3.05, 3.63) is 23.8 Å². The van der Waals surface area contributed by atoms with Crippen molar-refractivity contribution in [3.8, 4) is 0 Å². The molecule has 0 atom stereocenters. The first kappa shape index (κ1) is 9.84. The summed E-state index contributed by atoms with van der Waals surface area (Å²) in [5.41, 5.74) is 0.529. The number of carbonyl (C=O) groups is 1. The number of aryl methyl sites for hydroxylation is 1. The summed E-state index contributed by atoms with van der Waals surface area (Å²) in [4.78, 5) is 19.5. The first-order chi connectivity index (χ1) is 6.09. The van der Waals surface area contributed by atoms with Crippen molar-refractivity contribution in [3.63, 3.8) is 0 Å². The maximum Gasteiger partial charge on any atom is 0.181 e. The fraction of sp³-hybridized carbons (Fsp3) is 0.500. The molecule has 0 N–H and O–H groups in total. The molecular weight excluding hydrogens is 164 g/mol. The molecule has 0 unspecified atom stereocenters. The van der Waals surface area contributed by atoms with Crippen LogP contribution < -0.4 is 0 Å². The Morgan fingerprint density at radius 1 is 1.54 bits per heavy atom. The Balaban J connectivity index is 2.77. The van der Waals surface area contributed by atoms with E-state index in [2.05, 4.69) is 9.97 Å². The Morgan fingerprint density at radius 2 is 2.23 bits per heavy atom. The average Bonchev–Trinajstić information content (AvgIpc) is 2.03. The van der Waals surface area contributed by atoms with Gasteiger partial charge in [-0.05, 0) is 18.9 Å². The molecule has 0 aromatic carbocycles. The zero-order valence-corrected chi connectivity index (χ0v) is 8.24. The van der Waals surface area contributed by atoms with Gasteiger partial charge >= 0.3 is 0 Å². The number of nitrogens with zero attached hydrogens (tertiary/aromatic N) is 2. The number of aromatic nitrogens is 2. The number of hydrogen-bond acceptors (Lipinski definition) is 3. The molecule has 1 rings (SSSR count). The van der Waals surface area contributed by atoms with Crippen LogP contribution in [0.3, 0.4) is 0 Å². The molecule has 0 aliphatic rings. The number of carbonyl (C=O) groups excluding carboxylic acids is 1. The quantitative estimate of drug-likeness (QED) is 0.665. The van der Waals surface area contributed by atoms with E-state index in [1.807, 2.05) is 13.8 Å². The van der Waals surface area contributed by atoms with E-state index in [-0.39, 0.29) is 5.78 Å². The summed E-state index contributed by atoms with van der Waals surface area (Å²) in [5.74, 6) is 1.12. The number of hydrogen-bond donors (Lipinski definition) is 0. The van der Waals surface area contributed by atoms with Crippen molar-refractivity contribution in [1.82, 2.24) is 9.97 Å². The Bertz CT molecular complexity index is 308. The number of Topliss-reactive ketones (excluding diaryl/α,β-unsaturated/α-hetero) is 1. The second-order valence-corrected chi connectivity index (χ2v) is 3.51. The van der Waals surface area contributed by atoms with Crippen LogP contribution in [-0.2, 0) is 0 Å². The Morgan fingerprint density at radius 3 is 2.77 bits per heavy atom. The van der Waals surface area contributed by atoms with Crippen LogP contribution in [0.1, 0.15) is 36.6 Å². The highest BCUT2D eigenvalue weighted by atomic mass is 16.1.